The first-order valence-corrected chi connectivity index (χ1v) is 11.2. The summed E-state index contributed by atoms with van der Waals surface area (Å²) in [7, 11) is -0.164. The summed E-state index contributed by atoms with van der Waals surface area (Å²) in [4.78, 5) is 7.32. The van der Waals surface area contributed by atoms with Gasteiger partial charge in [-0.15, -0.1) is 0 Å². The molecule has 0 saturated heterocycles. The maximum atomic E-state index is 13.3. The minimum Gasteiger partial charge on any atom is -0.361 e. The Hall–Kier alpha value is -2.91. The lowest BCUT2D eigenvalue weighted by molar-refractivity contribution is 0.587. The third-order valence-corrected chi connectivity index (χ3v) is 6.13. The molecule has 0 saturated carbocycles. The summed E-state index contributed by atoms with van der Waals surface area (Å²) in [5.41, 5.74) is 3.65. The highest BCUT2D eigenvalue weighted by Crippen LogP contribution is 2.19. The number of nitrogens with zero attached hydrogens (tertiary/aromatic N) is 1. The first-order chi connectivity index (χ1) is 14.4. The van der Waals surface area contributed by atoms with Crippen molar-refractivity contribution in [2.45, 2.75) is 18.7 Å². The summed E-state index contributed by atoms with van der Waals surface area (Å²) >= 11 is 0. The van der Waals surface area contributed by atoms with Crippen molar-refractivity contribution in [3.05, 3.63) is 71.2 Å². The lowest BCUT2D eigenvalue weighted by Gasteiger charge is -2.12. The highest BCUT2D eigenvalue weighted by atomic mass is 32.2. The van der Waals surface area contributed by atoms with Gasteiger partial charge in [-0.1, -0.05) is 24.3 Å². The Bertz CT molecular complexity index is 1120. The fourth-order valence-corrected chi connectivity index (χ4v) is 3.91. The van der Waals surface area contributed by atoms with Crippen LogP contribution in [0.15, 0.2) is 53.7 Å². The molecule has 1 heterocycles. The van der Waals surface area contributed by atoms with E-state index in [1.807, 2.05) is 30.5 Å². The number of aromatic nitrogens is 1. The largest absolute Gasteiger partial charge is 0.361 e. The quantitative estimate of drug-likeness (QED) is 0.325. The van der Waals surface area contributed by atoms with Gasteiger partial charge in [0.05, 0.1) is 5.75 Å². The molecule has 0 fully saturated rings. The zero-order valence-electron chi connectivity index (χ0n) is 17.0. The Balaban J connectivity index is 1.49. The molecular weight excluding hydrogens is 405 g/mol. The highest BCUT2D eigenvalue weighted by molar-refractivity contribution is 7.88. The topological polar surface area (TPSA) is 98.4 Å². The third kappa shape index (κ3) is 5.80. The summed E-state index contributed by atoms with van der Waals surface area (Å²) in [6, 6.07) is 12.1. The van der Waals surface area contributed by atoms with Crippen LogP contribution in [0.1, 0.15) is 16.7 Å². The number of guanidine groups is 1. The lowest BCUT2D eigenvalue weighted by Crippen LogP contribution is -2.37. The Morgan fingerprint density at radius 3 is 2.53 bits per heavy atom. The second-order valence-electron chi connectivity index (χ2n) is 6.89. The number of sulfonamides is 1. The van der Waals surface area contributed by atoms with Crippen molar-refractivity contribution >= 4 is 26.9 Å². The van der Waals surface area contributed by atoms with Crippen molar-refractivity contribution in [3.8, 4) is 0 Å². The van der Waals surface area contributed by atoms with E-state index in [0.717, 1.165) is 34.0 Å². The molecule has 2 aromatic carbocycles. The van der Waals surface area contributed by atoms with Crippen LogP contribution in [-0.2, 0) is 28.7 Å². The van der Waals surface area contributed by atoms with E-state index in [2.05, 4.69) is 25.3 Å². The van der Waals surface area contributed by atoms with Gasteiger partial charge in [0.15, 0.2) is 5.96 Å². The first-order valence-electron chi connectivity index (χ1n) is 9.59. The molecule has 0 unspecified atom stereocenters. The van der Waals surface area contributed by atoms with Gasteiger partial charge in [0.2, 0.25) is 10.0 Å². The van der Waals surface area contributed by atoms with Crippen molar-refractivity contribution in [3.63, 3.8) is 0 Å². The van der Waals surface area contributed by atoms with Crippen LogP contribution in [-0.4, -0.2) is 40.0 Å². The molecule has 4 N–H and O–H groups in total. The molecule has 1 aromatic heterocycles. The monoisotopic (exact) mass is 431 g/mol. The molecule has 0 atom stereocenters. The molecule has 3 aromatic rings. The number of nitrogens with one attached hydrogen (secondary N) is 4. The molecule has 0 amide bonds. The van der Waals surface area contributed by atoms with Crippen LogP contribution in [0.4, 0.5) is 4.39 Å². The van der Waals surface area contributed by atoms with Crippen molar-refractivity contribution in [1.82, 2.24) is 20.3 Å². The highest BCUT2D eigenvalue weighted by Gasteiger charge is 2.08. The Morgan fingerprint density at radius 2 is 1.83 bits per heavy atom. The summed E-state index contributed by atoms with van der Waals surface area (Å²) < 4.78 is 38.8. The average Bonchev–Trinajstić information content (AvgIpc) is 3.13. The molecule has 0 spiro atoms. The number of rotatable bonds is 8. The fraction of sp³-hybridized carbons (Fsp3) is 0.286. The van der Waals surface area contributed by atoms with E-state index in [4.69, 9.17) is 0 Å². The lowest BCUT2D eigenvalue weighted by atomic mass is 10.1. The Labute approximate surface area is 175 Å². The standard InChI is InChI=1S/C21H26FN5O2S/c1-23-21(25-10-9-17-13-26-20-11-18(22)7-8-19(17)20)27-12-15-3-5-16(6-4-15)14-30(28,29)24-2/h3-8,11,13,24,26H,9-10,12,14H2,1-2H3,(H2,23,25,27). The molecular formula is C21H26FN5O2S. The van der Waals surface area contributed by atoms with Crippen molar-refractivity contribution in [1.29, 1.82) is 0 Å². The second kappa shape index (κ2) is 9.73. The number of hydrogen-bond donors (Lipinski definition) is 4. The van der Waals surface area contributed by atoms with Gasteiger partial charge in [-0.05, 0) is 48.4 Å². The molecule has 0 bridgehead atoms. The molecule has 3 rings (SSSR count). The van der Waals surface area contributed by atoms with Gasteiger partial charge in [-0.3, -0.25) is 4.99 Å². The molecule has 30 heavy (non-hydrogen) atoms. The van der Waals surface area contributed by atoms with Crippen LogP contribution in [0.5, 0.6) is 0 Å². The Kier molecular flexibility index (Phi) is 7.07. The van der Waals surface area contributed by atoms with Gasteiger partial charge in [-0.2, -0.15) is 0 Å². The summed E-state index contributed by atoms with van der Waals surface area (Å²) in [6.07, 6.45) is 2.67. The van der Waals surface area contributed by atoms with Gasteiger partial charge in [0.25, 0.3) is 0 Å². The third-order valence-electron chi connectivity index (χ3n) is 4.79. The zero-order chi connectivity index (χ0) is 21.6. The van der Waals surface area contributed by atoms with E-state index in [9.17, 15) is 12.8 Å². The molecule has 0 aliphatic carbocycles. The number of H-pyrrole nitrogens is 1. The van der Waals surface area contributed by atoms with E-state index in [-0.39, 0.29) is 11.6 Å². The van der Waals surface area contributed by atoms with Crippen molar-refractivity contribution in [2.75, 3.05) is 20.6 Å². The van der Waals surface area contributed by atoms with Crippen LogP contribution in [0, 0.1) is 5.82 Å². The summed E-state index contributed by atoms with van der Waals surface area (Å²) in [6.45, 7) is 1.23. The maximum Gasteiger partial charge on any atom is 0.215 e. The number of hydrogen-bond acceptors (Lipinski definition) is 3. The van der Waals surface area contributed by atoms with Gasteiger partial charge in [-0.25, -0.2) is 17.5 Å². The molecule has 0 radical (unpaired) electrons. The SMILES string of the molecule is CN=C(NCCc1c[nH]c2cc(F)ccc12)NCc1ccc(CS(=O)(=O)NC)cc1. The minimum absolute atomic E-state index is 0.0408. The molecule has 7 nitrogen and oxygen atoms in total. The predicted octanol–water partition coefficient (Wildman–Crippen LogP) is 2.26. The number of fused-ring (bicyclic) bond motifs is 1. The minimum atomic E-state index is -3.28. The van der Waals surface area contributed by atoms with Gasteiger partial charge in [0.1, 0.15) is 5.82 Å². The fourth-order valence-electron chi connectivity index (χ4n) is 3.13. The number of aromatic amines is 1. The van der Waals surface area contributed by atoms with Crippen molar-refractivity contribution < 1.29 is 12.8 Å². The maximum absolute atomic E-state index is 13.3. The Morgan fingerprint density at radius 1 is 1.10 bits per heavy atom. The van der Waals surface area contributed by atoms with Crippen LogP contribution in [0.2, 0.25) is 0 Å². The first kappa shape index (κ1) is 21.8. The van der Waals surface area contributed by atoms with Gasteiger partial charge in [0, 0.05) is 37.2 Å². The number of aliphatic imine (C=N–C) groups is 1. The molecule has 9 heteroatoms. The smallest absolute Gasteiger partial charge is 0.215 e. The molecule has 160 valence electrons. The van der Waals surface area contributed by atoms with Crippen LogP contribution >= 0.6 is 0 Å². The molecule has 0 aliphatic heterocycles. The number of benzene rings is 2. The van der Waals surface area contributed by atoms with E-state index >= 15 is 0 Å². The van der Waals surface area contributed by atoms with Crippen molar-refractivity contribution in [2.24, 2.45) is 4.99 Å². The zero-order valence-corrected chi connectivity index (χ0v) is 17.8. The van der Waals surface area contributed by atoms with E-state index in [1.165, 1.54) is 19.2 Å². The van der Waals surface area contributed by atoms with E-state index < -0.39 is 10.0 Å². The van der Waals surface area contributed by atoms with E-state index in [1.54, 1.807) is 13.1 Å². The second-order valence-corrected chi connectivity index (χ2v) is 8.81. The van der Waals surface area contributed by atoms with E-state index in [0.29, 0.717) is 19.0 Å². The van der Waals surface area contributed by atoms with Crippen LogP contribution < -0.4 is 15.4 Å². The number of halogens is 1. The van der Waals surface area contributed by atoms with Gasteiger partial charge < -0.3 is 15.6 Å². The van der Waals surface area contributed by atoms with Crippen LogP contribution in [0.3, 0.4) is 0 Å². The van der Waals surface area contributed by atoms with Gasteiger partial charge >= 0.3 is 0 Å². The predicted molar refractivity (Wildman–Crippen MR) is 118 cm³/mol. The average molecular weight is 432 g/mol. The van der Waals surface area contributed by atoms with Crippen LogP contribution in [0.25, 0.3) is 10.9 Å². The molecule has 0 aliphatic rings. The summed E-state index contributed by atoms with van der Waals surface area (Å²) in [5.74, 6) is 0.374. The normalized spacial score (nSPS) is 12.3. The summed E-state index contributed by atoms with van der Waals surface area (Å²) in [5, 5.41) is 7.52.